The first-order valence-corrected chi connectivity index (χ1v) is 6.98. The van der Waals surface area contributed by atoms with Crippen molar-refractivity contribution in [2.45, 2.75) is 13.5 Å². The summed E-state index contributed by atoms with van der Waals surface area (Å²) < 4.78 is 1.91. The number of hydrogen-bond acceptors (Lipinski definition) is 2. The van der Waals surface area contributed by atoms with Gasteiger partial charge in [0.1, 0.15) is 8.72 Å². The Morgan fingerprint density at radius 2 is 2.11 bits per heavy atom. The maximum absolute atomic E-state index is 12.0. The number of hydrogen-bond donors (Lipinski definition) is 0. The molecule has 3 nitrogen and oxygen atoms in total. The van der Waals surface area contributed by atoms with Gasteiger partial charge in [0, 0.05) is 5.02 Å². The first kappa shape index (κ1) is 13.8. The molecule has 0 fully saturated rings. The zero-order valence-corrected chi connectivity index (χ0v) is 13.1. The van der Waals surface area contributed by atoms with Crippen molar-refractivity contribution in [3.63, 3.8) is 0 Å². The van der Waals surface area contributed by atoms with Crippen molar-refractivity contribution in [3.05, 3.63) is 59.8 Å². The average Bonchev–Trinajstić information content (AvgIpc) is 2.33. The van der Waals surface area contributed by atoms with Gasteiger partial charge in [-0.25, -0.2) is 4.98 Å². The molecule has 1 aromatic carbocycles. The van der Waals surface area contributed by atoms with Crippen molar-refractivity contribution in [3.8, 4) is 0 Å². The number of aryl methyl sites for hydroxylation is 1. The molecule has 18 heavy (non-hydrogen) atoms. The Balaban J connectivity index is 2.41. The Morgan fingerprint density at radius 1 is 1.39 bits per heavy atom. The summed E-state index contributed by atoms with van der Waals surface area (Å²) >= 11 is 13.8. The number of benzene rings is 1. The van der Waals surface area contributed by atoms with E-state index in [9.17, 15) is 4.79 Å². The predicted molar refractivity (Wildman–Crippen MR) is 81.5 cm³/mol. The lowest BCUT2D eigenvalue weighted by Crippen LogP contribution is -2.23. The number of nitrogens with zero attached hydrogens (tertiary/aromatic N) is 2. The van der Waals surface area contributed by atoms with Crippen molar-refractivity contribution >= 4 is 45.8 Å². The van der Waals surface area contributed by atoms with Gasteiger partial charge in [0.2, 0.25) is 0 Å². The molecule has 1 aromatic heterocycles. The fourth-order valence-corrected chi connectivity index (χ4v) is 2.39. The van der Waals surface area contributed by atoms with Gasteiger partial charge in [0.25, 0.3) is 5.56 Å². The molecule has 2 aromatic rings. The normalized spacial score (nSPS) is 10.7. The van der Waals surface area contributed by atoms with E-state index >= 15 is 0 Å². The van der Waals surface area contributed by atoms with Crippen LogP contribution >= 0.6 is 45.8 Å². The molecule has 0 N–H and O–H groups in total. The summed E-state index contributed by atoms with van der Waals surface area (Å²) in [7, 11) is 0. The van der Waals surface area contributed by atoms with E-state index in [1.807, 2.05) is 47.7 Å². The van der Waals surface area contributed by atoms with Gasteiger partial charge in [-0.1, -0.05) is 35.3 Å². The summed E-state index contributed by atoms with van der Waals surface area (Å²) in [5, 5.41) is 0.874. The Hall–Kier alpha value is -0.590. The summed E-state index contributed by atoms with van der Waals surface area (Å²) in [5.74, 6) is 0. The molecule has 6 heteroatoms. The lowest BCUT2D eigenvalue weighted by molar-refractivity contribution is 0.730. The van der Waals surface area contributed by atoms with Gasteiger partial charge in [-0.2, -0.15) is 0 Å². The van der Waals surface area contributed by atoms with Gasteiger partial charge in [-0.05, 0) is 46.7 Å². The highest BCUT2D eigenvalue weighted by molar-refractivity contribution is 14.1. The van der Waals surface area contributed by atoms with Crippen molar-refractivity contribution in [1.29, 1.82) is 0 Å². The minimum absolute atomic E-state index is 0.160. The van der Waals surface area contributed by atoms with Gasteiger partial charge in [-0.3, -0.25) is 9.36 Å². The van der Waals surface area contributed by atoms with Crippen LogP contribution in [-0.4, -0.2) is 9.55 Å². The minimum Gasteiger partial charge on any atom is -0.294 e. The molecule has 0 saturated carbocycles. The predicted octanol–water partition coefficient (Wildman–Crippen LogP) is 3.51. The van der Waals surface area contributed by atoms with Gasteiger partial charge in [0.05, 0.1) is 12.9 Å². The summed E-state index contributed by atoms with van der Waals surface area (Å²) in [4.78, 5) is 15.9. The Bertz CT molecular complexity index is 655. The van der Waals surface area contributed by atoms with Crippen LogP contribution in [0.25, 0.3) is 0 Å². The van der Waals surface area contributed by atoms with Crippen LogP contribution in [0.2, 0.25) is 10.2 Å². The molecule has 2 rings (SSSR count). The molecular weight excluding hydrogens is 386 g/mol. The highest BCUT2D eigenvalue weighted by Crippen LogP contribution is 2.18. The molecule has 0 amide bonds. The molecule has 0 atom stereocenters. The molecule has 1 heterocycles. The third kappa shape index (κ3) is 2.87. The fraction of sp³-hybridized carbons (Fsp3) is 0.167. The lowest BCUT2D eigenvalue weighted by atomic mass is 10.1. The van der Waals surface area contributed by atoms with Crippen LogP contribution in [0.1, 0.15) is 11.1 Å². The molecule has 0 saturated heterocycles. The van der Waals surface area contributed by atoms with Crippen LogP contribution < -0.4 is 5.56 Å². The molecule has 0 spiro atoms. The maximum Gasteiger partial charge on any atom is 0.268 e. The van der Waals surface area contributed by atoms with E-state index in [4.69, 9.17) is 23.2 Å². The molecule has 0 aliphatic heterocycles. The average molecular weight is 395 g/mol. The number of halogens is 3. The Morgan fingerprint density at radius 3 is 2.78 bits per heavy atom. The fourth-order valence-electron chi connectivity index (χ4n) is 1.52. The second-order valence-electron chi connectivity index (χ2n) is 3.88. The zero-order chi connectivity index (χ0) is 13.3. The minimum atomic E-state index is -0.160. The van der Waals surface area contributed by atoms with Crippen molar-refractivity contribution in [2.75, 3.05) is 0 Å². The molecule has 0 bridgehead atoms. The molecule has 0 unspecified atom stereocenters. The largest absolute Gasteiger partial charge is 0.294 e. The van der Waals surface area contributed by atoms with E-state index in [0.717, 1.165) is 11.1 Å². The number of rotatable bonds is 2. The second kappa shape index (κ2) is 5.59. The van der Waals surface area contributed by atoms with Crippen molar-refractivity contribution < 1.29 is 0 Å². The Labute approximate surface area is 128 Å². The third-order valence-electron chi connectivity index (χ3n) is 2.49. The molecular formula is C12H9Cl2IN2O. The molecule has 0 aliphatic carbocycles. The highest BCUT2D eigenvalue weighted by atomic mass is 127. The molecule has 0 aliphatic rings. The Kier molecular flexibility index (Phi) is 4.29. The first-order valence-electron chi connectivity index (χ1n) is 5.14. The first-order chi connectivity index (χ1) is 8.49. The quantitative estimate of drug-likeness (QED) is 0.577. The van der Waals surface area contributed by atoms with E-state index in [1.54, 1.807) is 0 Å². The van der Waals surface area contributed by atoms with E-state index in [0.29, 0.717) is 15.1 Å². The SMILES string of the molecule is Cc1ccc(Cn2cnc(Cl)c(I)c2=O)c(Cl)c1. The van der Waals surface area contributed by atoms with E-state index in [1.165, 1.54) is 10.9 Å². The van der Waals surface area contributed by atoms with Crippen LogP contribution in [0.15, 0.2) is 29.3 Å². The summed E-state index contributed by atoms with van der Waals surface area (Å²) in [6.45, 7) is 2.35. The van der Waals surface area contributed by atoms with Gasteiger partial charge in [-0.15, -0.1) is 0 Å². The van der Waals surface area contributed by atoms with Crippen LogP contribution in [0.5, 0.6) is 0 Å². The summed E-state index contributed by atoms with van der Waals surface area (Å²) in [6, 6.07) is 5.74. The van der Waals surface area contributed by atoms with Gasteiger partial charge >= 0.3 is 0 Å². The standard InChI is InChI=1S/C12H9Cl2IN2O/c1-7-2-3-8(9(13)4-7)5-17-6-16-11(14)10(15)12(17)18/h2-4,6H,5H2,1H3. The lowest BCUT2D eigenvalue weighted by Gasteiger charge is -2.08. The second-order valence-corrected chi connectivity index (χ2v) is 5.72. The van der Waals surface area contributed by atoms with Crippen molar-refractivity contribution in [2.24, 2.45) is 0 Å². The van der Waals surface area contributed by atoms with E-state index < -0.39 is 0 Å². The maximum atomic E-state index is 12.0. The summed E-state index contributed by atoms with van der Waals surface area (Å²) in [5.41, 5.74) is 1.80. The van der Waals surface area contributed by atoms with Crippen LogP contribution in [-0.2, 0) is 6.54 Å². The van der Waals surface area contributed by atoms with Crippen LogP contribution in [0.4, 0.5) is 0 Å². The highest BCUT2D eigenvalue weighted by Gasteiger charge is 2.08. The third-order valence-corrected chi connectivity index (χ3v) is 4.42. The topological polar surface area (TPSA) is 34.9 Å². The van der Waals surface area contributed by atoms with Gasteiger partial charge < -0.3 is 0 Å². The van der Waals surface area contributed by atoms with Crippen molar-refractivity contribution in [1.82, 2.24) is 9.55 Å². The van der Waals surface area contributed by atoms with Gasteiger partial charge in [0.15, 0.2) is 0 Å². The molecule has 0 radical (unpaired) electrons. The smallest absolute Gasteiger partial charge is 0.268 e. The molecule has 94 valence electrons. The monoisotopic (exact) mass is 394 g/mol. The van der Waals surface area contributed by atoms with E-state index in [2.05, 4.69) is 4.98 Å². The zero-order valence-electron chi connectivity index (χ0n) is 9.45. The number of aromatic nitrogens is 2. The van der Waals surface area contributed by atoms with Crippen LogP contribution in [0.3, 0.4) is 0 Å². The van der Waals surface area contributed by atoms with Crippen LogP contribution in [0, 0.1) is 10.5 Å². The van der Waals surface area contributed by atoms with E-state index in [-0.39, 0.29) is 10.7 Å². The summed E-state index contributed by atoms with van der Waals surface area (Å²) in [6.07, 6.45) is 1.43.